The summed E-state index contributed by atoms with van der Waals surface area (Å²) in [5.41, 5.74) is 0. The SMILES string of the molecule is OCN1C[C-]=CC1.[Rb+]. The van der Waals surface area contributed by atoms with Gasteiger partial charge in [0.1, 0.15) is 0 Å². The number of nitrogens with zero attached hydrogens (tertiary/aromatic N) is 1. The summed E-state index contributed by atoms with van der Waals surface area (Å²) in [5, 5.41) is 8.43. The van der Waals surface area contributed by atoms with Gasteiger partial charge in [-0.2, -0.15) is 0 Å². The second-order valence-electron chi connectivity index (χ2n) is 1.56. The monoisotopic (exact) mass is 183 g/mol. The second kappa shape index (κ2) is 5.27. The third-order valence-electron chi connectivity index (χ3n) is 1.01. The summed E-state index contributed by atoms with van der Waals surface area (Å²) in [7, 11) is 0. The first-order valence-corrected chi connectivity index (χ1v) is 2.32. The van der Waals surface area contributed by atoms with Crippen molar-refractivity contribution in [3.05, 3.63) is 12.2 Å². The number of rotatable bonds is 1. The maximum atomic E-state index is 8.43. The average molecular weight is 184 g/mol. The van der Waals surface area contributed by atoms with Crippen molar-refractivity contribution in [3.63, 3.8) is 0 Å². The molecule has 0 aliphatic carbocycles. The molecule has 40 valence electrons. The van der Waals surface area contributed by atoms with Gasteiger partial charge in [-0.3, -0.25) is 6.08 Å². The molecule has 0 saturated carbocycles. The van der Waals surface area contributed by atoms with Gasteiger partial charge in [0.05, 0.1) is 6.73 Å². The zero-order valence-corrected chi connectivity index (χ0v) is 10.0. The van der Waals surface area contributed by atoms with Crippen molar-refractivity contribution in [2.45, 2.75) is 0 Å². The summed E-state index contributed by atoms with van der Waals surface area (Å²) >= 11 is 0. The molecule has 1 aliphatic rings. The maximum Gasteiger partial charge on any atom is 1.00 e. The summed E-state index contributed by atoms with van der Waals surface area (Å²) in [6.45, 7) is 1.80. The van der Waals surface area contributed by atoms with E-state index in [4.69, 9.17) is 5.11 Å². The van der Waals surface area contributed by atoms with Crippen LogP contribution in [0.3, 0.4) is 0 Å². The first-order chi connectivity index (χ1) is 3.43. The van der Waals surface area contributed by atoms with E-state index in [-0.39, 0.29) is 64.9 Å². The van der Waals surface area contributed by atoms with Gasteiger partial charge in [-0.05, 0) is 6.54 Å². The predicted molar refractivity (Wildman–Crippen MR) is 26.5 cm³/mol. The van der Waals surface area contributed by atoms with Crippen molar-refractivity contribution in [2.75, 3.05) is 19.8 Å². The molecule has 0 aromatic carbocycles. The Kier molecular flexibility index (Phi) is 6.23. The molecule has 0 radical (unpaired) electrons. The fraction of sp³-hybridized carbons (Fsp3) is 0.600. The van der Waals surface area contributed by atoms with E-state index in [1.165, 1.54) is 0 Å². The fourth-order valence-electron chi connectivity index (χ4n) is 0.560. The molecule has 8 heavy (non-hydrogen) atoms. The summed E-state index contributed by atoms with van der Waals surface area (Å²) in [6.07, 6.45) is 4.89. The smallest absolute Gasteiger partial charge is 0.485 e. The molecule has 3 heteroatoms. The Morgan fingerprint density at radius 3 is 2.75 bits per heavy atom. The van der Waals surface area contributed by atoms with Crippen LogP contribution in [0.25, 0.3) is 0 Å². The van der Waals surface area contributed by atoms with Gasteiger partial charge in [0.25, 0.3) is 0 Å². The first kappa shape index (κ1) is 9.47. The minimum atomic E-state index is 0. The number of aliphatic hydroxyl groups excluding tert-OH is 1. The molecule has 0 amide bonds. The predicted octanol–water partition coefficient (Wildman–Crippen LogP) is -3.38. The molecule has 0 fully saturated rings. The first-order valence-electron chi connectivity index (χ1n) is 2.32. The van der Waals surface area contributed by atoms with Gasteiger partial charge in [0.2, 0.25) is 0 Å². The van der Waals surface area contributed by atoms with Crippen LogP contribution in [0.1, 0.15) is 0 Å². The Bertz CT molecular complexity index is 76.5. The molecule has 0 aromatic rings. The Morgan fingerprint density at radius 2 is 2.50 bits per heavy atom. The normalized spacial score (nSPS) is 18.6. The van der Waals surface area contributed by atoms with Gasteiger partial charge in [0, 0.05) is 0 Å². The van der Waals surface area contributed by atoms with Crippen LogP contribution >= 0.6 is 0 Å². The number of hydrogen-bond acceptors (Lipinski definition) is 2. The van der Waals surface area contributed by atoms with Gasteiger partial charge >= 0.3 is 58.2 Å². The minimum absolute atomic E-state index is 0. The summed E-state index contributed by atoms with van der Waals surface area (Å²) < 4.78 is 0. The third-order valence-corrected chi connectivity index (χ3v) is 1.01. The van der Waals surface area contributed by atoms with Gasteiger partial charge in [0.15, 0.2) is 0 Å². The van der Waals surface area contributed by atoms with E-state index in [0.29, 0.717) is 0 Å². The molecule has 0 bridgehead atoms. The summed E-state index contributed by atoms with van der Waals surface area (Å²) in [5.74, 6) is 0. The largest absolute Gasteiger partial charge is 1.00 e. The van der Waals surface area contributed by atoms with Crippen molar-refractivity contribution >= 4 is 0 Å². The Balaban J connectivity index is 0.000000490. The van der Waals surface area contributed by atoms with Crippen molar-refractivity contribution in [1.29, 1.82) is 0 Å². The van der Waals surface area contributed by atoms with Crippen LogP contribution in [0.15, 0.2) is 6.08 Å². The number of aliphatic hydroxyl groups is 1. The third kappa shape index (κ3) is 2.85. The molecule has 0 atom stereocenters. The van der Waals surface area contributed by atoms with Crippen LogP contribution < -0.4 is 58.2 Å². The summed E-state index contributed by atoms with van der Waals surface area (Å²) in [6, 6.07) is 0. The van der Waals surface area contributed by atoms with E-state index in [1.54, 1.807) is 0 Å². The van der Waals surface area contributed by atoms with Crippen LogP contribution in [0.4, 0.5) is 0 Å². The van der Waals surface area contributed by atoms with Crippen LogP contribution in [0.2, 0.25) is 0 Å². The van der Waals surface area contributed by atoms with E-state index in [0.717, 1.165) is 13.1 Å². The zero-order valence-electron chi connectivity index (χ0n) is 5.09. The zero-order chi connectivity index (χ0) is 5.11. The molecule has 2 nitrogen and oxygen atoms in total. The molecule has 0 saturated heterocycles. The molecular weight excluding hydrogens is 176 g/mol. The van der Waals surface area contributed by atoms with Crippen molar-refractivity contribution < 1.29 is 63.3 Å². The van der Waals surface area contributed by atoms with Crippen LogP contribution in [-0.2, 0) is 0 Å². The topological polar surface area (TPSA) is 23.5 Å². The maximum absolute atomic E-state index is 8.43. The van der Waals surface area contributed by atoms with Crippen LogP contribution in [0, 0.1) is 6.08 Å². The van der Waals surface area contributed by atoms with E-state index >= 15 is 0 Å². The van der Waals surface area contributed by atoms with E-state index in [9.17, 15) is 0 Å². The molecule has 0 unspecified atom stereocenters. The number of hydrogen-bond donors (Lipinski definition) is 1. The molecule has 1 heterocycles. The Morgan fingerprint density at radius 1 is 1.75 bits per heavy atom. The minimum Gasteiger partial charge on any atom is -0.485 e. The van der Waals surface area contributed by atoms with Gasteiger partial charge in [-0.25, -0.2) is 0 Å². The van der Waals surface area contributed by atoms with E-state index < -0.39 is 0 Å². The molecule has 1 N–H and O–H groups in total. The van der Waals surface area contributed by atoms with Crippen LogP contribution in [-0.4, -0.2) is 29.8 Å². The Labute approximate surface area is 98.4 Å². The quantitative estimate of drug-likeness (QED) is 0.429. The molecular formula is C5H8NORb. The van der Waals surface area contributed by atoms with Gasteiger partial charge in [-0.1, -0.05) is 0 Å². The second-order valence-corrected chi connectivity index (χ2v) is 1.56. The fourth-order valence-corrected chi connectivity index (χ4v) is 0.560. The molecule has 1 aliphatic heterocycles. The van der Waals surface area contributed by atoms with Crippen molar-refractivity contribution in [1.82, 2.24) is 4.90 Å². The standard InChI is InChI=1S/C5H8NO.Rb/c7-5-6-3-1-2-4-6;/h1,7H,3-5H2;/q-1;+1. The van der Waals surface area contributed by atoms with Gasteiger partial charge < -0.3 is 16.1 Å². The van der Waals surface area contributed by atoms with Gasteiger partial charge in [-0.15, -0.1) is 6.54 Å². The van der Waals surface area contributed by atoms with Crippen molar-refractivity contribution in [2.24, 2.45) is 0 Å². The van der Waals surface area contributed by atoms with E-state index in [2.05, 4.69) is 6.08 Å². The summed E-state index contributed by atoms with van der Waals surface area (Å²) in [4.78, 5) is 1.88. The molecule has 1 rings (SSSR count). The molecule has 0 spiro atoms. The Hall–Kier alpha value is 1.47. The average Bonchev–Trinajstić information content (AvgIpc) is 2.14. The molecule has 0 aromatic heterocycles. The van der Waals surface area contributed by atoms with Crippen LogP contribution in [0.5, 0.6) is 0 Å². The van der Waals surface area contributed by atoms with E-state index in [1.807, 2.05) is 11.0 Å². The van der Waals surface area contributed by atoms with Crippen molar-refractivity contribution in [3.8, 4) is 0 Å².